The summed E-state index contributed by atoms with van der Waals surface area (Å²) in [5.41, 5.74) is 0. The Bertz CT molecular complexity index is 813. The molecule has 2 fully saturated rings. The molecule has 0 aromatic heterocycles. The molecule has 0 radical (unpaired) electrons. The molecule has 2 saturated carbocycles. The van der Waals surface area contributed by atoms with Crippen molar-refractivity contribution in [1.29, 1.82) is 0 Å². The molecule has 4 heteroatoms. The van der Waals surface area contributed by atoms with Crippen LogP contribution in [-0.4, -0.2) is 60.6 Å². The van der Waals surface area contributed by atoms with Gasteiger partial charge in [0.05, 0.1) is 0 Å². The molecule has 358 valence electrons. The maximum atomic E-state index is 2.76. The van der Waals surface area contributed by atoms with Crippen LogP contribution in [0.2, 0.25) is 0 Å². The Kier molecular flexibility index (Phi) is 38.9. The van der Waals surface area contributed by atoms with Gasteiger partial charge in [0.25, 0.3) is 0 Å². The van der Waals surface area contributed by atoms with Gasteiger partial charge in [-0.25, -0.2) is 0 Å². The van der Waals surface area contributed by atoms with Crippen molar-refractivity contribution in [1.82, 2.24) is 9.80 Å². The lowest BCUT2D eigenvalue weighted by molar-refractivity contribution is 0.221. The fourth-order valence-electron chi connectivity index (χ4n) is 10.7. The standard InChI is InChI=1S/C56H112N2S2/c1-7-11-15-19-23-29-37-51-49-53(51)39-31-25-21-27-35-43-55(41-33-17-13-9-3)57(5)45-47-59-60-48-46-58(6)56(42-34-18-14-10-4)44-36-28-22-26-32-40-54-50-52(54)38-30-24-20-16-12-8-2/h51-56H,7-50H2,1-6H3. The van der Waals surface area contributed by atoms with E-state index >= 15 is 0 Å². The number of hydrogen-bond donors (Lipinski definition) is 0. The molecule has 2 aliphatic rings. The van der Waals surface area contributed by atoms with Gasteiger partial charge < -0.3 is 9.80 Å². The largest absolute Gasteiger partial charge is 0.303 e. The quantitative estimate of drug-likeness (QED) is 0.0444. The van der Waals surface area contributed by atoms with Crippen LogP contribution in [0.5, 0.6) is 0 Å². The van der Waals surface area contributed by atoms with E-state index in [1.165, 1.54) is 269 Å². The average Bonchev–Trinajstić information content (AvgIpc) is 4.19. The summed E-state index contributed by atoms with van der Waals surface area (Å²) in [6.07, 6.45) is 58.5. The zero-order valence-electron chi connectivity index (χ0n) is 42.3. The predicted octanol–water partition coefficient (Wildman–Crippen LogP) is 19.1. The molecule has 0 spiro atoms. The van der Waals surface area contributed by atoms with Crippen LogP contribution in [0, 0.1) is 23.7 Å². The molecule has 60 heavy (non-hydrogen) atoms. The van der Waals surface area contributed by atoms with Crippen LogP contribution >= 0.6 is 21.6 Å². The molecule has 0 heterocycles. The first-order valence-electron chi connectivity index (χ1n) is 28.2. The molecule has 2 nitrogen and oxygen atoms in total. The van der Waals surface area contributed by atoms with E-state index in [-0.39, 0.29) is 0 Å². The second-order valence-electron chi connectivity index (χ2n) is 20.9. The molecular formula is C56H112N2S2. The lowest BCUT2D eigenvalue weighted by Gasteiger charge is -2.29. The average molecular weight is 878 g/mol. The van der Waals surface area contributed by atoms with Crippen LogP contribution in [0.1, 0.15) is 285 Å². The van der Waals surface area contributed by atoms with E-state index in [1.54, 1.807) is 12.8 Å². The van der Waals surface area contributed by atoms with Crippen molar-refractivity contribution in [3.8, 4) is 0 Å². The lowest BCUT2D eigenvalue weighted by atomic mass is 9.99. The highest BCUT2D eigenvalue weighted by atomic mass is 33.1. The van der Waals surface area contributed by atoms with Crippen molar-refractivity contribution >= 4 is 21.6 Å². The second-order valence-corrected chi connectivity index (χ2v) is 23.6. The summed E-state index contributed by atoms with van der Waals surface area (Å²) in [5.74, 6) is 6.99. The fourth-order valence-corrected chi connectivity index (χ4v) is 12.8. The van der Waals surface area contributed by atoms with Crippen LogP contribution in [0.15, 0.2) is 0 Å². The van der Waals surface area contributed by atoms with Gasteiger partial charge in [-0.3, -0.25) is 0 Å². The maximum absolute atomic E-state index is 2.76. The molecule has 0 aromatic carbocycles. The van der Waals surface area contributed by atoms with Gasteiger partial charge in [0.15, 0.2) is 0 Å². The highest BCUT2D eigenvalue weighted by Gasteiger charge is 2.35. The van der Waals surface area contributed by atoms with Gasteiger partial charge in [-0.1, -0.05) is 268 Å². The number of rotatable bonds is 49. The number of nitrogens with zero attached hydrogens (tertiary/aromatic N) is 2. The normalized spacial score (nSPS) is 19.8. The molecule has 0 N–H and O–H groups in total. The summed E-state index contributed by atoms with van der Waals surface area (Å²) in [6, 6.07) is 1.60. The summed E-state index contributed by atoms with van der Waals surface area (Å²) in [5, 5.41) is 0. The van der Waals surface area contributed by atoms with E-state index in [0.717, 1.165) is 35.8 Å². The molecule has 0 aliphatic heterocycles. The molecular weight excluding hydrogens is 765 g/mol. The van der Waals surface area contributed by atoms with Crippen molar-refractivity contribution < 1.29 is 0 Å². The van der Waals surface area contributed by atoms with Gasteiger partial charge in [-0.15, -0.1) is 0 Å². The second kappa shape index (κ2) is 41.1. The zero-order chi connectivity index (χ0) is 43.1. The number of hydrogen-bond acceptors (Lipinski definition) is 4. The first-order valence-corrected chi connectivity index (χ1v) is 30.7. The molecule has 0 saturated heterocycles. The van der Waals surface area contributed by atoms with Crippen LogP contribution in [0.3, 0.4) is 0 Å². The van der Waals surface area contributed by atoms with Gasteiger partial charge in [-0.2, -0.15) is 0 Å². The summed E-state index contributed by atoms with van der Waals surface area (Å²) >= 11 is 0. The minimum absolute atomic E-state index is 0.798. The topological polar surface area (TPSA) is 6.48 Å². The highest BCUT2D eigenvalue weighted by molar-refractivity contribution is 8.76. The Hall–Kier alpha value is 0.620. The predicted molar refractivity (Wildman–Crippen MR) is 279 cm³/mol. The van der Waals surface area contributed by atoms with Gasteiger partial charge in [0.1, 0.15) is 0 Å². The van der Waals surface area contributed by atoms with E-state index in [2.05, 4.69) is 73.2 Å². The third kappa shape index (κ3) is 32.3. The maximum Gasteiger partial charge on any atom is 0.0165 e. The molecule has 2 rings (SSSR count). The van der Waals surface area contributed by atoms with Crippen LogP contribution < -0.4 is 0 Å². The van der Waals surface area contributed by atoms with Crippen molar-refractivity contribution in [3.05, 3.63) is 0 Å². The van der Waals surface area contributed by atoms with Gasteiger partial charge in [0, 0.05) is 36.7 Å². The molecule has 6 atom stereocenters. The minimum Gasteiger partial charge on any atom is -0.303 e. The van der Waals surface area contributed by atoms with Crippen LogP contribution in [-0.2, 0) is 0 Å². The Morgan fingerprint density at radius 1 is 0.333 bits per heavy atom. The first kappa shape index (κ1) is 56.7. The molecule has 0 amide bonds. The van der Waals surface area contributed by atoms with E-state index < -0.39 is 0 Å². The van der Waals surface area contributed by atoms with Gasteiger partial charge in [0.2, 0.25) is 0 Å². The highest BCUT2D eigenvalue weighted by Crippen LogP contribution is 2.46. The Morgan fingerprint density at radius 3 is 0.850 bits per heavy atom. The summed E-state index contributed by atoms with van der Waals surface area (Å²) in [6.45, 7) is 11.9. The van der Waals surface area contributed by atoms with E-state index in [9.17, 15) is 0 Å². The Balaban J connectivity index is 1.53. The molecule has 6 unspecified atom stereocenters. The first-order chi connectivity index (χ1) is 29.5. The third-order valence-corrected chi connectivity index (χ3v) is 17.8. The van der Waals surface area contributed by atoms with Crippen molar-refractivity contribution in [2.45, 2.75) is 297 Å². The molecule has 2 aliphatic carbocycles. The van der Waals surface area contributed by atoms with Crippen LogP contribution in [0.4, 0.5) is 0 Å². The van der Waals surface area contributed by atoms with Crippen molar-refractivity contribution in [2.24, 2.45) is 23.7 Å². The van der Waals surface area contributed by atoms with Crippen molar-refractivity contribution in [2.75, 3.05) is 38.7 Å². The Labute approximate surface area is 388 Å². The number of unbranched alkanes of at least 4 members (excludes halogenated alkanes) is 24. The summed E-state index contributed by atoms with van der Waals surface area (Å²) < 4.78 is 0. The monoisotopic (exact) mass is 877 g/mol. The summed E-state index contributed by atoms with van der Waals surface area (Å²) in [4.78, 5) is 5.52. The lowest BCUT2D eigenvalue weighted by Crippen LogP contribution is -2.34. The van der Waals surface area contributed by atoms with Gasteiger partial charge in [-0.05, 0) is 76.3 Å². The Morgan fingerprint density at radius 2 is 0.567 bits per heavy atom. The van der Waals surface area contributed by atoms with E-state index in [4.69, 9.17) is 0 Å². The van der Waals surface area contributed by atoms with Gasteiger partial charge >= 0.3 is 0 Å². The van der Waals surface area contributed by atoms with Crippen LogP contribution in [0.25, 0.3) is 0 Å². The SMILES string of the molecule is CCCCCCCCC1CC1CCCCCCCC(CCCCCC)N(C)CCSSCCN(C)C(CCCCCC)CCCCCCCC1CC1CCCCCCCC. The van der Waals surface area contributed by atoms with E-state index in [1.807, 2.05) is 0 Å². The molecule has 0 aromatic rings. The smallest absolute Gasteiger partial charge is 0.0165 e. The molecule has 0 bridgehead atoms. The fraction of sp³-hybridized carbons (Fsp3) is 1.00. The zero-order valence-corrected chi connectivity index (χ0v) is 43.9. The third-order valence-electron chi connectivity index (χ3n) is 15.4. The summed E-state index contributed by atoms with van der Waals surface area (Å²) in [7, 11) is 9.20. The minimum atomic E-state index is 0.798. The van der Waals surface area contributed by atoms with E-state index in [0.29, 0.717) is 0 Å². The van der Waals surface area contributed by atoms with Crippen molar-refractivity contribution in [3.63, 3.8) is 0 Å².